The van der Waals surface area contributed by atoms with Gasteiger partial charge in [0.2, 0.25) is 5.95 Å². The molecule has 2 heterocycles. The Morgan fingerprint density at radius 2 is 1.70 bits per heavy atom. The Bertz CT molecular complexity index is 1680. The Labute approximate surface area is 216 Å². The van der Waals surface area contributed by atoms with Crippen molar-refractivity contribution >= 4 is 32.7 Å². The maximum atomic E-state index is 13.0. The third-order valence-electron chi connectivity index (χ3n) is 6.02. The molecule has 3 aromatic carbocycles. The molecule has 5 aromatic rings. The van der Waals surface area contributed by atoms with Crippen LogP contribution in [0.2, 0.25) is 0 Å². The number of ether oxygens (including phenoxy) is 1. The Balaban J connectivity index is 1.46. The number of methoxy groups -OCH3 is 1. The monoisotopic (exact) mass is 510 g/mol. The van der Waals surface area contributed by atoms with Crippen LogP contribution >= 0.6 is 0 Å². The largest absolute Gasteiger partial charge is 0.496 e. The van der Waals surface area contributed by atoms with Crippen molar-refractivity contribution in [1.82, 2.24) is 14.5 Å². The first-order valence-corrected chi connectivity index (χ1v) is 13.2. The van der Waals surface area contributed by atoms with Gasteiger partial charge < -0.3 is 4.74 Å². The zero-order chi connectivity index (χ0) is 25.8. The van der Waals surface area contributed by atoms with Crippen molar-refractivity contribution in [3.05, 3.63) is 114 Å². The Kier molecular flexibility index (Phi) is 6.74. The van der Waals surface area contributed by atoms with Crippen molar-refractivity contribution < 1.29 is 13.2 Å². The average molecular weight is 511 g/mol. The number of nitrogens with one attached hydrogen (secondary N) is 1. The molecule has 186 valence electrons. The van der Waals surface area contributed by atoms with Gasteiger partial charge in [0.05, 0.1) is 23.2 Å². The molecule has 0 amide bonds. The van der Waals surface area contributed by atoms with Crippen LogP contribution in [0.15, 0.2) is 102 Å². The molecule has 0 atom stereocenters. The molecule has 1 N–H and O–H groups in total. The van der Waals surface area contributed by atoms with Crippen molar-refractivity contribution in [3.63, 3.8) is 0 Å². The van der Waals surface area contributed by atoms with Crippen molar-refractivity contribution in [2.45, 2.75) is 18.2 Å². The second-order valence-electron chi connectivity index (χ2n) is 8.53. The number of para-hydroxylation sites is 1. The summed E-state index contributed by atoms with van der Waals surface area (Å²) in [6.07, 6.45) is 7.90. The first-order chi connectivity index (χ1) is 18.0. The number of nitrogens with zero attached hydrogens (tertiary/aromatic N) is 3. The molecule has 0 bridgehead atoms. The molecular weight excluding hydrogens is 484 g/mol. The molecule has 0 aliphatic heterocycles. The summed E-state index contributed by atoms with van der Waals surface area (Å²) in [7, 11) is -2.06. The van der Waals surface area contributed by atoms with E-state index in [1.165, 1.54) is 0 Å². The SMILES string of the molecule is COc1cccc2c1cc(C/C=C/c1ccccc1NS(=O)(=O)c1ccc(C)cc1)n2-c1ncccn1. The lowest BCUT2D eigenvalue weighted by Crippen LogP contribution is -2.13. The van der Waals surface area contributed by atoms with Gasteiger partial charge >= 0.3 is 0 Å². The molecule has 0 aliphatic carbocycles. The summed E-state index contributed by atoms with van der Waals surface area (Å²) in [4.78, 5) is 9.13. The second-order valence-corrected chi connectivity index (χ2v) is 10.2. The van der Waals surface area contributed by atoms with Crippen LogP contribution in [0.25, 0.3) is 22.9 Å². The molecule has 5 rings (SSSR count). The number of sulfonamides is 1. The van der Waals surface area contributed by atoms with E-state index in [4.69, 9.17) is 4.74 Å². The maximum absolute atomic E-state index is 13.0. The van der Waals surface area contributed by atoms with Gasteiger partial charge in [-0.3, -0.25) is 9.29 Å². The number of aromatic nitrogens is 3. The van der Waals surface area contributed by atoms with E-state index >= 15 is 0 Å². The second kappa shape index (κ2) is 10.3. The van der Waals surface area contributed by atoms with Crippen LogP contribution in [-0.4, -0.2) is 30.1 Å². The molecule has 0 unspecified atom stereocenters. The van der Waals surface area contributed by atoms with Crippen LogP contribution in [0.1, 0.15) is 16.8 Å². The molecule has 0 saturated carbocycles. The van der Waals surface area contributed by atoms with Crippen LogP contribution in [0.3, 0.4) is 0 Å². The molecule has 0 spiro atoms. The number of hydrogen-bond acceptors (Lipinski definition) is 5. The summed E-state index contributed by atoms with van der Waals surface area (Å²) in [5.41, 5.74) is 4.18. The number of aryl methyl sites for hydroxylation is 1. The summed E-state index contributed by atoms with van der Waals surface area (Å²) in [5.74, 6) is 1.34. The highest BCUT2D eigenvalue weighted by Crippen LogP contribution is 2.31. The smallest absolute Gasteiger partial charge is 0.261 e. The number of benzene rings is 3. The van der Waals surface area contributed by atoms with Gasteiger partial charge in [-0.2, -0.15) is 0 Å². The predicted molar refractivity (Wildman–Crippen MR) is 147 cm³/mol. The molecule has 37 heavy (non-hydrogen) atoms. The molecule has 0 fully saturated rings. The van der Waals surface area contributed by atoms with Gasteiger partial charge in [-0.15, -0.1) is 0 Å². The summed E-state index contributed by atoms with van der Waals surface area (Å²) in [5, 5.41) is 0.965. The minimum absolute atomic E-state index is 0.221. The van der Waals surface area contributed by atoms with Crippen molar-refractivity contribution in [2.75, 3.05) is 11.8 Å². The molecule has 0 radical (unpaired) electrons. The summed E-state index contributed by atoms with van der Waals surface area (Å²) in [6, 6.07) is 23.8. The molecule has 2 aromatic heterocycles. The van der Waals surface area contributed by atoms with Gasteiger partial charge in [-0.05, 0) is 55.0 Å². The van der Waals surface area contributed by atoms with Crippen molar-refractivity contribution in [1.29, 1.82) is 0 Å². The summed E-state index contributed by atoms with van der Waals surface area (Å²) < 4.78 is 36.2. The van der Waals surface area contributed by atoms with Crippen LogP contribution < -0.4 is 9.46 Å². The van der Waals surface area contributed by atoms with Gasteiger partial charge in [0.1, 0.15) is 5.75 Å². The number of allylic oxidation sites excluding steroid dienone is 1. The zero-order valence-electron chi connectivity index (χ0n) is 20.5. The Morgan fingerprint density at radius 1 is 0.946 bits per heavy atom. The summed E-state index contributed by atoms with van der Waals surface area (Å²) in [6.45, 7) is 1.92. The molecule has 0 saturated heterocycles. The zero-order valence-corrected chi connectivity index (χ0v) is 21.3. The van der Waals surface area contributed by atoms with E-state index in [0.717, 1.165) is 33.5 Å². The fraction of sp³-hybridized carbons (Fsp3) is 0.103. The highest BCUT2D eigenvalue weighted by molar-refractivity contribution is 7.92. The number of hydrogen-bond donors (Lipinski definition) is 1. The lowest BCUT2D eigenvalue weighted by atomic mass is 10.1. The van der Waals surface area contributed by atoms with E-state index in [1.807, 2.05) is 54.0 Å². The van der Waals surface area contributed by atoms with E-state index in [1.54, 1.807) is 62.0 Å². The predicted octanol–water partition coefficient (Wildman–Crippen LogP) is 5.79. The van der Waals surface area contributed by atoms with Crippen LogP contribution in [-0.2, 0) is 16.4 Å². The third kappa shape index (κ3) is 5.10. The van der Waals surface area contributed by atoms with E-state index in [-0.39, 0.29) is 4.90 Å². The molecule has 0 aliphatic rings. The van der Waals surface area contributed by atoms with Gasteiger partial charge in [0, 0.05) is 29.9 Å². The van der Waals surface area contributed by atoms with Crippen LogP contribution in [0.5, 0.6) is 5.75 Å². The average Bonchev–Trinajstić information content (AvgIpc) is 3.28. The van der Waals surface area contributed by atoms with Crippen molar-refractivity contribution in [2.24, 2.45) is 0 Å². The molecule has 8 heteroatoms. The lowest BCUT2D eigenvalue weighted by molar-refractivity contribution is 0.420. The van der Waals surface area contributed by atoms with Gasteiger partial charge in [-0.1, -0.05) is 54.1 Å². The molecule has 7 nitrogen and oxygen atoms in total. The van der Waals surface area contributed by atoms with Gasteiger partial charge in [0.25, 0.3) is 10.0 Å². The topological polar surface area (TPSA) is 86.1 Å². The lowest BCUT2D eigenvalue weighted by Gasteiger charge is -2.11. The van der Waals surface area contributed by atoms with Crippen LogP contribution in [0, 0.1) is 6.92 Å². The molecular formula is C29H26N4O3S. The third-order valence-corrected chi connectivity index (χ3v) is 7.40. The fourth-order valence-corrected chi connectivity index (χ4v) is 5.28. The van der Waals surface area contributed by atoms with E-state index < -0.39 is 10.0 Å². The first-order valence-electron chi connectivity index (χ1n) is 11.8. The van der Waals surface area contributed by atoms with Gasteiger partial charge in [-0.25, -0.2) is 18.4 Å². The highest BCUT2D eigenvalue weighted by atomic mass is 32.2. The number of rotatable bonds is 8. The first kappa shape index (κ1) is 24.3. The number of anilines is 1. The minimum atomic E-state index is -3.72. The quantitative estimate of drug-likeness (QED) is 0.285. The Morgan fingerprint density at radius 3 is 2.46 bits per heavy atom. The fourth-order valence-electron chi connectivity index (χ4n) is 4.19. The van der Waals surface area contributed by atoms with E-state index in [0.29, 0.717) is 18.1 Å². The summed E-state index contributed by atoms with van der Waals surface area (Å²) >= 11 is 0. The normalized spacial score (nSPS) is 11.7. The van der Waals surface area contributed by atoms with E-state index in [9.17, 15) is 8.42 Å². The van der Waals surface area contributed by atoms with Crippen molar-refractivity contribution in [3.8, 4) is 11.7 Å². The maximum Gasteiger partial charge on any atom is 0.261 e. The standard InChI is InChI=1S/C29H26N4O3S/c1-21-14-16-24(17-15-21)37(34,35)32-26-11-4-3-8-22(26)9-5-10-23-20-25-27(12-6-13-28(25)36-2)33(23)29-30-18-7-19-31-29/h3-9,11-20,32H,10H2,1-2H3/b9-5+. The Hall–Kier alpha value is -4.43. The van der Waals surface area contributed by atoms with Gasteiger partial charge in [0.15, 0.2) is 0 Å². The van der Waals surface area contributed by atoms with Crippen LogP contribution in [0.4, 0.5) is 5.69 Å². The van der Waals surface area contributed by atoms with E-state index in [2.05, 4.69) is 20.8 Å². The highest BCUT2D eigenvalue weighted by Gasteiger charge is 2.16. The number of fused-ring (bicyclic) bond motifs is 1. The minimum Gasteiger partial charge on any atom is -0.496 e.